The first-order chi connectivity index (χ1) is 8.99. The van der Waals surface area contributed by atoms with E-state index in [1.165, 1.54) is 12.3 Å². The molecule has 0 unspecified atom stereocenters. The number of aryl methyl sites for hydroxylation is 1. The zero-order valence-electron chi connectivity index (χ0n) is 10.1. The van der Waals surface area contributed by atoms with Gasteiger partial charge in [-0.3, -0.25) is 0 Å². The molecular weight excluding hydrogens is 310 g/mol. The lowest BCUT2D eigenvalue weighted by Crippen LogP contribution is -2.06. The van der Waals surface area contributed by atoms with Crippen molar-refractivity contribution in [2.24, 2.45) is 0 Å². The number of carboxylic acids is 1. The Labute approximate surface area is 118 Å². The van der Waals surface area contributed by atoms with Gasteiger partial charge in [0.15, 0.2) is 0 Å². The first-order valence-corrected chi connectivity index (χ1v) is 6.29. The number of carboxylic acid groups (broad SMARTS) is 1. The van der Waals surface area contributed by atoms with Crippen LogP contribution in [0.5, 0.6) is 0 Å². The summed E-state index contributed by atoms with van der Waals surface area (Å²) in [5, 5.41) is 12.1. The number of nitrogens with zero attached hydrogens (tertiary/aromatic N) is 1. The van der Waals surface area contributed by atoms with Crippen LogP contribution in [0.15, 0.2) is 34.9 Å². The average molecular weight is 322 g/mol. The third kappa shape index (κ3) is 2.85. The molecule has 1 aromatic heterocycles. The van der Waals surface area contributed by atoms with Crippen LogP contribution in [0.4, 0.5) is 17.2 Å². The van der Waals surface area contributed by atoms with E-state index in [0.717, 1.165) is 15.7 Å². The Kier molecular flexibility index (Phi) is 3.71. The quantitative estimate of drug-likeness (QED) is 0.808. The second-order valence-electron chi connectivity index (χ2n) is 4.03. The number of pyridine rings is 1. The molecule has 0 aliphatic heterocycles. The molecule has 98 valence electrons. The molecular formula is C13H12BrN3O2. The van der Waals surface area contributed by atoms with Gasteiger partial charge >= 0.3 is 5.97 Å². The number of anilines is 3. The van der Waals surface area contributed by atoms with Gasteiger partial charge in [0.2, 0.25) is 0 Å². The molecule has 0 aliphatic rings. The molecule has 0 saturated heterocycles. The van der Waals surface area contributed by atoms with E-state index in [-0.39, 0.29) is 11.4 Å². The predicted molar refractivity (Wildman–Crippen MR) is 77.8 cm³/mol. The number of aromatic carboxylic acids is 1. The van der Waals surface area contributed by atoms with E-state index < -0.39 is 5.97 Å². The van der Waals surface area contributed by atoms with Crippen LogP contribution in [-0.2, 0) is 0 Å². The van der Waals surface area contributed by atoms with E-state index in [1.54, 1.807) is 0 Å². The standard InChI is InChI=1S/C13H12BrN3O2/c1-7-3-2-4-10(11(7)14)17-12-9(13(18)19)5-8(15)6-16-12/h2-6H,15H2,1H3,(H,16,17)(H,18,19). The first-order valence-electron chi connectivity index (χ1n) is 5.50. The van der Waals surface area contributed by atoms with Gasteiger partial charge in [-0.25, -0.2) is 9.78 Å². The molecule has 0 spiro atoms. The molecule has 19 heavy (non-hydrogen) atoms. The Morgan fingerprint density at radius 3 is 2.89 bits per heavy atom. The Morgan fingerprint density at radius 2 is 2.21 bits per heavy atom. The van der Waals surface area contributed by atoms with Gasteiger partial charge in [-0.15, -0.1) is 0 Å². The predicted octanol–water partition coefficient (Wildman–Crippen LogP) is 3.18. The summed E-state index contributed by atoms with van der Waals surface area (Å²) >= 11 is 3.45. The van der Waals surface area contributed by atoms with E-state index in [4.69, 9.17) is 10.8 Å². The van der Waals surface area contributed by atoms with Crippen molar-refractivity contribution in [3.8, 4) is 0 Å². The Balaban J connectivity index is 2.44. The lowest BCUT2D eigenvalue weighted by Gasteiger charge is -2.11. The van der Waals surface area contributed by atoms with Gasteiger partial charge in [0.05, 0.1) is 17.6 Å². The molecule has 0 amide bonds. The number of rotatable bonds is 3. The molecule has 0 radical (unpaired) electrons. The fraction of sp³-hybridized carbons (Fsp3) is 0.0769. The van der Waals surface area contributed by atoms with Crippen LogP contribution >= 0.6 is 15.9 Å². The highest BCUT2D eigenvalue weighted by atomic mass is 79.9. The number of nitrogens with two attached hydrogens (primary N) is 1. The molecule has 0 atom stereocenters. The minimum Gasteiger partial charge on any atom is -0.478 e. The van der Waals surface area contributed by atoms with Gasteiger partial charge in [0, 0.05) is 4.47 Å². The van der Waals surface area contributed by atoms with Crippen LogP contribution in [0, 0.1) is 6.92 Å². The number of nitrogen functional groups attached to an aromatic ring is 1. The third-order valence-electron chi connectivity index (χ3n) is 2.58. The number of nitrogens with one attached hydrogen (secondary N) is 1. The summed E-state index contributed by atoms with van der Waals surface area (Å²) in [6.07, 6.45) is 1.42. The lowest BCUT2D eigenvalue weighted by molar-refractivity contribution is 0.0697. The Morgan fingerprint density at radius 1 is 1.47 bits per heavy atom. The molecule has 0 aliphatic carbocycles. The second-order valence-corrected chi connectivity index (χ2v) is 4.82. The number of aromatic nitrogens is 1. The molecule has 6 heteroatoms. The summed E-state index contributed by atoms with van der Waals surface area (Å²) in [5.74, 6) is -0.820. The molecule has 0 fully saturated rings. The first kappa shape index (κ1) is 13.4. The fourth-order valence-electron chi connectivity index (χ4n) is 1.62. The number of halogens is 1. The highest BCUT2D eigenvalue weighted by Crippen LogP contribution is 2.29. The van der Waals surface area contributed by atoms with Crippen LogP contribution in [0.3, 0.4) is 0 Å². The number of hydrogen-bond donors (Lipinski definition) is 3. The summed E-state index contributed by atoms with van der Waals surface area (Å²) in [7, 11) is 0. The third-order valence-corrected chi connectivity index (χ3v) is 3.64. The zero-order chi connectivity index (χ0) is 14.0. The van der Waals surface area contributed by atoms with Crippen molar-refractivity contribution in [2.45, 2.75) is 6.92 Å². The molecule has 1 heterocycles. The van der Waals surface area contributed by atoms with E-state index in [9.17, 15) is 4.79 Å². The van der Waals surface area contributed by atoms with E-state index in [1.807, 2.05) is 25.1 Å². The monoisotopic (exact) mass is 321 g/mol. The van der Waals surface area contributed by atoms with Crippen molar-refractivity contribution in [1.82, 2.24) is 4.98 Å². The number of hydrogen-bond acceptors (Lipinski definition) is 4. The Hall–Kier alpha value is -2.08. The molecule has 2 rings (SSSR count). The van der Waals surface area contributed by atoms with Gasteiger partial charge < -0.3 is 16.2 Å². The SMILES string of the molecule is Cc1cccc(Nc2ncc(N)cc2C(=O)O)c1Br. The maximum atomic E-state index is 11.2. The highest BCUT2D eigenvalue weighted by molar-refractivity contribution is 9.10. The maximum absolute atomic E-state index is 11.2. The average Bonchev–Trinajstić information content (AvgIpc) is 2.36. The largest absolute Gasteiger partial charge is 0.478 e. The van der Waals surface area contributed by atoms with Gasteiger partial charge in [-0.2, -0.15) is 0 Å². The lowest BCUT2D eigenvalue weighted by atomic mass is 10.2. The fourth-order valence-corrected chi connectivity index (χ4v) is 1.98. The normalized spacial score (nSPS) is 10.2. The molecule has 1 aromatic carbocycles. The number of benzene rings is 1. The van der Waals surface area contributed by atoms with Gasteiger partial charge in [0.1, 0.15) is 11.4 Å². The van der Waals surface area contributed by atoms with Crippen molar-refractivity contribution in [1.29, 1.82) is 0 Å². The van der Waals surface area contributed by atoms with E-state index >= 15 is 0 Å². The van der Waals surface area contributed by atoms with Crippen LogP contribution < -0.4 is 11.1 Å². The van der Waals surface area contributed by atoms with Crippen LogP contribution in [0.25, 0.3) is 0 Å². The van der Waals surface area contributed by atoms with Crippen molar-refractivity contribution in [3.05, 3.63) is 46.1 Å². The minimum absolute atomic E-state index is 0.0356. The summed E-state index contributed by atoms with van der Waals surface area (Å²) in [4.78, 5) is 15.2. The molecule has 0 bridgehead atoms. The zero-order valence-corrected chi connectivity index (χ0v) is 11.7. The Bertz CT molecular complexity index is 644. The van der Waals surface area contributed by atoms with Crippen molar-refractivity contribution in [2.75, 3.05) is 11.1 Å². The molecule has 0 saturated carbocycles. The number of carbonyl (C=O) groups is 1. The van der Waals surface area contributed by atoms with Crippen molar-refractivity contribution >= 4 is 39.1 Å². The van der Waals surface area contributed by atoms with Gasteiger partial charge in [-0.05, 0) is 40.5 Å². The molecule has 2 aromatic rings. The van der Waals surface area contributed by atoms with Gasteiger partial charge in [0.25, 0.3) is 0 Å². The van der Waals surface area contributed by atoms with Gasteiger partial charge in [-0.1, -0.05) is 12.1 Å². The summed E-state index contributed by atoms with van der Waals surface area (Å²) < 4.78 is 0.866. The van der Waals surface area contributed by atoms with Crippen LogP contribution in [-0.4, -0.2) is 16.1 Å². The van der Waals surface area contributed by atoms with E-state index in [0.29, 0.717) is 5.69 Å². The highest BCUT2D eigenvalue weighted by Gasteiger charge is 2.13. The minimum atomic E-state index is -1.08. The van der Waals surface area contributed by atoms with E-state index in [2.05, 4.69) is 26.2 Å². The smallest absolute Gasteiger partial charge is 0.339 e. The second kappa shape index (κ2) is 5.27. The summed E-state index contributed by atoms with van der Waals surface area (Å²) in [6, 6.07) is 7.03. The van der Waals surface area contributed by atoms with Crippen molar-refractivity contribution < 1.29 is 9.90 Å². The van der Waals surface area contributed by atoms with Crippen molar-refractivity contribution in [3.63, 3.8) is 0 Å². The molecule has 5 nitrogen and oxygen atoms in total. The van der Waals surface area contributed by atoms with Crippen LogP contribution in [0.2, 0.25) is 0 Å². The maximum Gasteiger partial charge on any atom is 0.339 e. The molecule has 4 N–H and O–H groups in total. The van der Waals surface area contributed by atoms with Crippen LogP contribution in [0.1, 0.15) is 15.9 Å². The summed E-state index contributed by atoms with van der Waals surface area (Å²) in [6.45, 7) is 1.95. The topological polar surface area (TPSA) is 88.2 Å². The summed E-state index contributed by atoms with van der Waals surface area (Å²) in [5.41, 5.74) is 7.69.